The summed E-state index contributed by atoms with van der Waals surface area (Å²) < 4.78 is 7.90. The van der Waals surface area contributed by atoms with Crippen molar-refractivity contribution >= 4 is 20.1 Å². The number of aromatic amines is 1. The molecule has 22 heavy (non-hydrogen) atoms. The van der Waals surface area contributed by atoms with E-state index in [4.69, 9.17) is 4.43 Å². The molecule has 0 spiro atoms. The third-order valence-corrected chi connectivity index (χ3v) is 10.1. The molecule has 0 saturated heterocycles. The van der Waals surface area contributed by atoms with Crippen molar-refractivity contribution in [3.63, 3.8) is 0 Å². The highest BCUT2D eigenvalue weighted by atomic mass is 32.2. The molecule has 0 aromatic carbocycles. The molecule has 5 nitrogen and oxygen atoms in total. The summed E-state index contributed by atoms with van der Waals surface area (Å²) in [5.74, 6) is 0.805. The number of hydrogen-bond acceptors (Lipinski definition) is 4. The van der Waals surface area contributed by atoms with Gasteiger partial charge >= 0.3 is 5.69 Å². The first-order valence-corrected chi connectivity index (χ1v) is 11.3. The molecule has 2 atom stereocenters. The Morgan fingerprint density at radius 1 is 1.32 bits per heavy atom. The Labute approximate surface area is 135 Å². The SMILES string of the molecule is CC(C)(C)[Si](C)(C)O[C@@H]1C=C[C@H](n2ccc(=O)[nH]c2=O)SC1. The van der Waals surface area contributed by atoms with E-state index >= 15 is 0 Å². The fourth-order valence-electron chi connectivity index (χ4n) is 1.95. The van der Waals surface area contributed by atoms with Gasteiger partial charge in [-0.2, -0.15) is 0 Å². The average molecular weight is 341 g/mol. The minimum atomic E-state index is -1.79. The standard InChI is InChI=1S/C15H24N2O3SSi/c1-15(2,3)22(4,5)20-11-6-7-13(21-10-11)17-9-8-12(18)16-14(17)19/h6-9,11,13H,10H2,1-5H3,(H,16,18,19)/t11-,13-/m1/s1. The number of H-pyrrole nitrogens is 1. The molecule has 1 aliphatic rings. The van der Waals surface area contributed by atoms with Crippen LogP contribution >= 0.6 is 11.8 Å². The maximum absolute atomic E-state index is 11.8. The van der Waals surface area contributed by atoms with Crippen LogP contribution in [0.5, 0.6) is 0 Å². The van der Waals surface area contributed by atoms with Gasteiger partial charge in [-0.15, -0.1) is 11.8 Å². The Balaban J connectivity index is 2.10. The van der Waals surface area contributed by atoms with E-state index in [0.717, 1.165) is 5.75 Å². The van der Waals surface area contributed by atoms with Crippen LogP contribution in [0.2, 0.25) is 18.1 Å². The minimum absolute atomic E-state index is 0.0839. The van der Waals surface area contributed by atoms with Crippen molar-refractivity contribution in [2.45, 2.75) is 50.4 Å². The van der Waals surface area contributed by atoms with Crippen molar-refractivity contribution in [2.24, 2.45) is 0 Å². The van der Waals surface area contributed by atoms with Crippen LogP contribution in [-0.4, -0.2) is 29.7 Å². The van der Waals surface area contributed by atoms with Crippen LogP contribution in [-0.2, 0) is 4.43 Å². The Bertz CT molecular complexity index is 672. The zero-order chi connectivity index (χ0) is 16.5. The number of rotatable bonds is 3. The van der Waals surface area contributed by atoms with Gasteiger partial charge < -0.3 is 4.43 Å². The first kappa shape index (κ1) is 17.3. The number of hydrogen-bond donors (Lipinski definition) is 1. The Morgan fingerprint density at radius 3 is 2.50 bits per heavy atom. The molecule has 0 fully saturated rings. The predicted octanol–water partition coefficient (Wildman–Crippen LogP) is 2.73. The number of nitrogens with zero attached hydrogens (tertiary/aromatic N) is 1. The van der Waals surface area contributed by atoms with Crippen molar-refractivity contribution < 1.29 is 4.43 Å². The molecule has 0 radical (unpaired) electrons. The molecule has 2 rings (SSSR count). The summed E-state index contributed by atoms with van der Waals surface area (Å²) >= 11 is 1.65. The second kappa shape index (κ2) is 6.21. The summed E-state index contributed by atoms with van der Waals surface area (Å²) in [7, 11) is -1.79. The van der Waals surface area contributed by atoms with Crippen molar-refractivity contribution in [1.82, 2.24) is 9.55 Å². The zero-order valence-corrected chi connectivity index (χ0v) is 15.6. The molecular weight excluding hydrogens is 316 g/mol. The van der Waals surface area contributed by atoms with Gasteiger partial charge in [0.15, 0.2) is 8.32 Å². The molecule has 0 aliphatic carbocycles. The largest absolute Gasteiger partial charge is 0.410 e. The molecule has 0 bridgehead atoms. The molecule has 1 aromatic rings. The van der Waals surface area contributed by atoms with E-state index in [1.165, 1.54) is 16.8 Å². The molecule has 0 unspecified atom stereocenters. The monoisotopic (exact) mass is 340 g/mol. The molecular formula is C15H24N2O3SSi. The van der Waals surface area contributed by atoms with Gasteiger partial charge in [-0.1, -0.05) is 32.9 Å². The van der Waals surface area contributed by atoms with Crippen LogP contribution in [0.4, 0.5) is 0 Å². The molecule has 1 aromatic heterocycles. The quantitative estimate of drug-likeness (QED) is 0.679. The van der Waals surface area contributed by atoms with Crippen LogP contribution in [0.1, 0.15) is 26.1 Å². The fourth-order valence-corrected chi connectivity index (χ4v) is 4.44. The lowest BCUT2D eigenvalue weighted by Gasteiger charge is -2.39. The maximum Gasteiger partial charge on any atom is 0.329 e. The van der Waals surface area contributed by atoms with Crippen LogP contribution in [0.3, 0.4) is 0 Å². The summed E-state index contributed by atoms with van der Waals surface area (Å²) in [5.41, 5.74) is -0.747. The molecule has 0 saturated carbocycles. The highest BCUT2D eigenvalue weighted by molar-refractivity contribution is 7.99. The van der Waals surface area contributed by atoms with Crippen LogP contribution < -0.4 is 11.2 Å². The second-order valence-electron chi connectivity index (χ2n) is 7.04. The summed E-state index contributed by atoms with van der Waals surface area (Å²) in [6.07, 6.45) is 5.64. The van der Waals surface area contributed by atoms with Gasteiger partial charge in [0.1, 0.15) is 5.37 Å². The van der Waals surface area contributed by atoms with Crippen LogP contribution in [0.25, 0.3) is 0 Å². The van der Waals surface area contributed by atoms with Gasteiger partial charge in [0.05, 0.1) is 6.10 Å². The highest BCUT2D eigenvalue weighted by Crippen LogP contribution is 2.39. The van der Waals surface area contributed by atoms with Gasteiger partial charge in [0.2, 0.25) is 0 Å². The fraction of sp³-hybridized carbons (Fsp3) is 0.600. The summed E-state index contributed by atoms with van der Waals surface area (Å²) in [6.45, 7) is 11.2. The first-order chi connectivity index (χ1) is 10.1. The van der Waals surface area contributed by atoms with Crippen molar-refractivity contribution in [1.29, 1.82) is 0 Å². The van der Waals surface area contributed by atoms with Gasteiger partial charge in [-0.05, 0) is 18.1 Å². The van der Waals surface area contributed by atoms with Crippen LogP contribution in [0.15, 0.2) is 34.0 Å². The van der Waals surface area contributed by atoms with E-state index in [1.54, 1.807) is 11.8 Å². The summed E-state index contributed by atoms with van der Waals surface area (Å²) in [6, 6.07) is 1.37. The van der Waals surface area contributed by atoms with Crippen molar-refractivity contribution in [3.8, 4) is 0 Å². The van der Waals surface area contributed by atoms with E-state index in [1.807, 2.05) is 12.2 Å². The van der Waals surface area contributed by atoms with E-state index < -0.39 is 8.32 Å². The molecule has 122 valence electrons. The van der Waals surface area contributed by atoms with E-state index in [0.29, 0.717) is 0 Å². The van der Waals surface area contributed by atoms with E-state index in [2.05, 4.69) is 38.8 Å². The lowest BCUT2D eigenvalue weighted by molar-refractivity contribution is 0.245. The zero-order valence-electron chi connectivity index (χ0n) is 13.8. The summed E-state index contributed by atoms with van der Waals surface area (Å²) in [5, 5.41) is 0.0849. The average Bonchev–Trinajstić information content (AvgIpc) is 2.38. The third kappa shape index (κ3) is 3.82. The van der Waals surface area contributed by atoms with Gasteiger partial charge in [0.25, 0.3) is 5.56 Å². The lowest BCUT2D eigenvalue weighted by atomic mass is 10.2. The number of nitrogens with one attached hydrogen (secondary N) is 1. The topological polar surface area (TPSA) is 64.1 Å². The molecule has 1 N–H and O–H groups in total. The number of aromatic nitrogens is 2. The Morgan fingerprint density at radius 2 is 2.00 bits per heavy atom. The second-order valence-corrected chi connectivity index (χ2v) is 12.9. The molecule has 0 amide bonds. The summed E-state index contributed by atoms with van der Waals surface area (Å²) in [4.78, 5) is 25.2. The Kier molecular flexibility index (Phi) is 4.89. The highest BCUT2D eigenvalue weighted by Gasteiger charge is 2.39. The molecule has 2 heterocycles. The van der Waals surface area contributed by atoms with Crippen molar-refractivity contribution in [2.75, 3.05) is 5.75 Å². The van der Waals surface area contributed by atoms with Crippen LogP contribution in [0, 0.1) is 0 Å². The normalized spacial score (nSPS) is 22.8. The molecule has 1 aliphatic heterocycles. The first-order valence-electron chi connectivity index (χ1n) is 7.39. The minimum Gasteiger partial charge on any atom is -0.410 e. The van der Waals surface area contributed by atoms with Gasteiger partial charge in [-0.25, -0.2) is 4.79 Å². The van der Waals surface area contributed by atoms with E-state index in [9.17, 15) is 9.59 Å². The smallest absolute Gasteiger partial charge is 0.329 e. The maximum atomic E-state index is 11.8. The van der Waals surface area contributed by atoms with Gasteiger partial charge in [-0.3, -0.25) is 14.3 Å². The molecule has 7 heteroatoms. The number of thioether (sulfide) groups is 1. The Hall–Kier alpha value is -1.05. The third-order valence-electron chi connectivity index (χ3n) is 4.30. The van der Waals surface area contributed by atoms with E-state index in [-0.39, 0.29) is 27.8 Å². The predicted molar refractivity (Wildman–Crippen MR) is 94.0 cm³/mol. The van der Waals surface area contributed by atoms with Gasteiger partial charge in [0, 0.05) is 18.0 Å². The lowest BCUT2D eigenvalue weighted by Crippen LogP contribution is -2.44. The van der Waals surface area contributed by atoms with Crippen molar-refractivity contribution in [3.05, 3.63) is 45.3 Å².